The van der Waals surface area contributed by atoms with E-state index in [1.54, 1.807) is 0 Å². The Morgan fingerprint density at radius 3 is 2.71 bits per heavy atom. The predicted molar refractivity (Wildman–Crippen MR) is 83.1 cm³/mol. The van der Waals surface area contributed by atoms with Gasteiger partial charge in [0.2, 0.25) is 0 Å². The third-order valence-electron chi connectivity index (χ3n) is 3.58. The first-order valence-electron chi connectivity index (χ1n) is 7.31. The minimum atomic E-state index is -0.581. The van der Waals surface area contributed by atoms with Crippen molar-refractivity contribution < 1.29 is 9.72 Å². The van der Waals surface area contributed by atoms with E-state index in [9.17, 15) is 14.9 Å². The lowest BCUT2D eigenvalue weighted by molar-refractivity contribution is -0.383. The van der Waals surface area contributed by atoms with E-state index in [0.717, 1.165) is 25.7 Å². The second-order valence-corrected chi connectivity index (χ2v) is 5.16. The van der Waals surface area contributed by atoms with Gasteiger partial charge in [0.25, 0.3) is 11.6 Å². The molecule has 1 unspecified atom stereocenters. The third kappa shape index (κ3) is 5.06. The number of nitro groups is 1. The van der Waals surface area contributed by atoms with Crippen LogP contribution in [0.1, 0.15) is 49.9 Å². The van der Waals surface area contributed by atoms with Crippen molar-refractivity contribution in [1.82, 2.24) is 5.32 Å². The second-order valence-electron chi connectivity index (χ2n) is 5.16. The van der Waals surface area contributed by atoms with Crippen molar-refractivity contribution in [3.63, 3.8) is 0 Å². The molecule has 1 aromatic carbocycles. The highest BCUT2D eigenvalue weighted by molar-refractivity contribution is 5.95. The Morgan fingerprint density at radius 2 is 2.14 bits per heavy atom. The van der Waals surface area contributed by atoms with Crippen LogP contribution < -0.4 is 11.1 Å². The number of nitrogen functional groups attached to an aromatic ring is 1. The van der Waals surface area contributed by atoms with Crippen LogP contribution in [0.4, 0.5) is 11.4 Å². The summed E-state index contributed by atoms with van der Waals surface area (Å²) in [5.74, 6) is 0.144. The molecule has 3 N–H and O–H groups in total. The first kappa shape index (κ1) is 16.9. The molecule has 1 rings (SSSR count). The number of hydrogen-bond donors (Lipinski definition) is 2. The number of carbonyl (C=O) groups excluding carboxylic acids is 1. The molecule has 1 aromatic rings. The van der Waals surface area contributed by atoms with Crippen LogP contribution in [-0.2, 0) is 0 Å². The maximum Gasteiger partial charge on any atom is 0.292 e. The van der Waals surface area contributed by atoms with Crippen molar-refractivity contribution in [1.29, 1.82) is 0 Å². The molecule has 0 heterocycles. The zero-order chi connectivity index (χ0) is 15.8. The molecule has 0 fully saturated rings. The van der Waals surface area contributed by atoms with Gasteiger partial charge < -0.3 is 11.1 Å². The molecule has 1 amide bonds. The molecular formula is C15H23N3O3. The fourth-order valence-electron chi connectivity index (χ4n) is 2.13. The number of rotatable bonds is 8. The molecule has 0 aliphatic carbocycles. The number of benzene rings is 1. The molecule has 21 heavy (non-hydrogen) atoms. The Bertz CT molecular complexity index is 503. The van der Waals surface area contributed by atoms with Gasteiger partial charge in [-0.25, -0.2) is 0 Å². The largest absolute Gasteiger partial charge is 0.393 e. The Kier molecular flexibility index (Phi) is 6.65. The first-order valence-corrected chi connectivity index (χ1v) is 7.31. The van der Waals surface area contributed by atoms with Crippen LogP contribution in [0.15, 0.2) is 18.2 Å². The van der Waals surface area contributed by atoms with E-state index in [4.69, 9.17) is 5.73 Å². The zero-order valence-electron chi connectivity index (χ0n) is 12.6. The number of nitro benzene ring substituents is 1. The average Bonchev–Trinajstić information content (AvgIpc) is 2.47. The van der Waals surface area contributed by atoms with Gasteiger partial charge in [-0.1, -0.05) is 33.1 Å². The van der Waals surface area contributed by atoms with Crippen molar-refractivity contribution in [2.45, 2.75) is 39.5 Å². The van der Waals surface area contributed by atoms with Crippen LogP contribution in [0.2, 0.25) is 0 Å². The second kappa shape index (κ2) is 8.24. The van der Waals surface area contributed by atoms with Crippen LogP contribution >= 0.6 is 0 Å². The SMILES string of the molecule is CCCCC(CC)CNC(=O)c1ccc(N)c([N+](=O)[O-])c1. The molecule has 0 aliphatic rings. The standard InChI is InChI=1S/C15H23N3O3/c1-3-5-6-11(4-2)10-17-15(19)12-7-8-13(16)14(9-12)18(20)21/h7-9,11H,3-6,10,16H2,1-2H3,(H,17,19). The number of carbonyl (C=O) groups is 1. The minimum Gasteiger partial charge on any atom is -0.393 e. The molecule has 0 aromatic heterocycles. The number of amides is 1. The number of unbranched alkanes of at least 4 members (excludes halogenated alkanes) is 1. The Labute approximate surface area is 124 Å². The summed E-state index contributed by atoms with van der Waals surface area (Å²) in [5.41, 5.74) is 5.61. The summed E-state index contributed by atoms with van der Waals surface area (Å²) in [7, 11) is 0. The van der Waals surface area contributed by atoms with Crippen LogP contribution in [0.5, 0.6) is 0 Å². The highest BCUT2D eigenvalue weighted by atomic mass is 16.6. The average molecular weight is 293 g/mol. The Hall–Kier alpha value is -2.11. The number of nitrogens with two attached hydrogens (primary N) is 1. The topological polar surface area (TPSA) is 98.3 Å². The fourth-order valence-corrected chi connectivity index (χ4v) is 2.13. The summed E-state index contributed by atoms with van der Waals surface area (Å²) < 4.78 is 0. The van der Waals surface area contributed by atoms with Gasteiger partial charge in [-0.3, -0.25) is 14.9 Å². The number of anilines is 1. The lowest BCUT2D eigenvalue weighted by Crippen LogP contribution is -2.29. The molecule has 0 saturated heterocycles. The van der Waals surface area contributed by atoms with Crippen molar-refractivity contribution in [2.75, 3.05) is 12.3 Å². The number of nitrogens with zero attached hydrogens (tertiary/aromatic N) is 1. The maximum atomic E-state index is 12.1. The molecule has 6 nitrogen and oxygen atoms in total. The molecule has 6 heteroatoms. The minimum absolute atomic E-state index is 0.0610. The predicted octanol–water partition coefficient (Wildman–Crippen LogP) is 3.12. The van der Waals surface area contributed by atoms with Crippen LogP contribution in [0.3, 0.4) is 0 Å². The molecule has 0 bridgehead atoms. The zero-order valence-corrected chi connectivity index (χ0v) is 12.6. The van der Waals surface area contributed by atoms with Crippen LogP contribution in [-0.4, -0.2) is 17.4 Å². The van der Waals surface area contributed by atoms with Gasteiger partial charge in [0.05, 0.1) is 4.92 Å². The van der Waals surface area contributed by atoms with Crippen molar-refractivity contribution in [3.05, 3.63) is 33.9 Å². The Balaban J connectivity index is 2.67. The summed E-state index contributed by atoms with van der Waals surface area (Å²) in [4.78, 5) is 22.3. The van der Waals surface area contributed by atoms with Crippen LogP contribution in [0.25, 0.3) is 0 Å². The monoisotopic (exact) mass is 293 g/mol. The van der Waals surface area contributed by atoms with Crippen molar-refractivity contribution in [2.24, 2.45) is 5.92 Å². The number of nitrogens with one attached hydrogen (secondary N) is 1. The van der Waals surface area contributed by atoms with Crippen molar-refractivity contribution >= 4 is 17.3 Å². The molecule has 0 radical (unpaired) electrons. The van der Waals surface area contributed by atoms with E-state index in [0.29, 0.717) is 12.5 Å². The van der Waals surface area contributed by atoms with Gasteiger partial charge in [-0.15, -0.1) is 0 Å². The smallest absolute Gasteiger partial charge is 0.292 e. The van der Waals surface area contributed by atoms with Gasteiger partial charge in [0.1, 0.15) is 5.69 Å². The summed E-state index contributed by atoms with van der Waals surface area (Å²) in [6.45, 7) is 4.83. The van der Waals surface area contributed by atoms with Gasteiger partial charge >= 0.3 is 0 Å². The highest BCUT2D eigenvalue weighted by Gasteiger charge is 2.16. The third-order valence-corrected chi connectivity index (χ3v) is 3.58. The lowest BCUT2D eigenvalue weighted by atomic mass is 9.99. The quantitative estimate of drug-likeness (QED) is 0.437. The molecule has 116 valence electrons. The van der Waals surface area contributed by atoms with E-state index in [1.807, 2.05) is 0 Å². The molecule has 0 spiro atoms. The van der Waals surface area contributed by atoms with E-state index < -0.39 is 4.92 Å². The van der Waals surface area contributed by atoms with Crippen LogP contribution in [0, 0.1) is 16.0 Å². The van der Waals surface area contributed by atoms with E-state index in [-0.39, 0.29) is 22.8 Å². The maximum absolute atomic E-state index is 12.1. The summed E-state index contributed by atoms with van der Waals surface area (Å²) >= 11 is 0. The van der Waals surface area contributed by atoms with Gasteiger partial charge in [-0.2, -0.15) is 0 Å². The molecule has 0 aliphatic heterocycles. The van der Waals surface area contributed by atoms with E-state index in [1.165, 1.54) is 18.2 Å². The highest BCUT2D eigenvalue weighted by Crippen LogP contribution is 2.22. The first-order chi connectivity index (χ1) is 9.99. The van der Waals surface area contributed by atoms with Gasteiger partial charge in [-0.05, 0) is 24.5 Å². The molecule has 1 atom stereocenters. The number of hydrogen-bond acceptors (Lipinski definition) is 4. The molecule has 0 saturated carbocycles. The Morgan fingerprint density at radius 1 is 1.43 bits per heavy atom. The lowest BCUT2D eigenvalue weighted by Gasteiger charge is -2.15. The normalized spacial score (nSPS) is 11.9. The van der Waals surface area contributed by atoms with Crippen molar-refractivity contribution in [3.8, 4) is 0 Å². The van der Waals surface area contributed by atoms with Gasteiger partial charge in [0.15, 0.2) is 0 Å². The summed E-state index contributed by atoms with van der Waals surface area (Å²) in [6.07, 6.45) is 4.35. The fraction of sp³-hybridized carbons (Fsp3) is 0.533. The van der Waals surface area contributed by atoms with Gasteiger partial charge in [0, 0.05) is 18.2 Å². The summed E-state index contributed by atoms with van der Waals surface area (Å²) in [6, 6.07) is 4.11. The van der Waals surface area contributed by atoms with E-state index >= 15 is 0 Å². The summed E-state index contributed by atoms with van der Waals surface area (Å²) in [5, 5.41) is 13.7. The van der Waals surface area contributed by atoms with E-state index in [2.05, 4.69) is 19.2 Å². The molecular weight excluding hydrogens is 270 g/mol.